The Balaban J connectivity index is 2.19. The van der Waals surface area contributed by atoms with Crippen molar-refractivity contribution >= 4 is 15.7 Å². The summed E-state index contributed by atoms with van der Waals surface area (Å²) in [6, 6.07) is 5.03. The number of aromatic amines is 1. The van der Waals surface area contributed by atoms with Gasteiger partial charge in [-0.25, -0.2) is 8.42 Å². The number of pyridine rings is 1. The van der Waals surface area contributed by atoms with E-state index in [0.717, 1.165) is 11.4 Å². The molecule has 2 aromatic rings. The molecule has 0 spiro atoms. The molecule has 2 rings (SSSR count). The summed E-state index contributed by atoms with van der Waals surface area (Å²) in [5.74, 6) is 0. The molecule has 6 nitrogen and oxygen atoms in total. The molecular weight excluding hydrogens is 264 g/mol. The molecule has 0 amide bonds. The van der Waals surface area contributed by atoms with E-state index in [1.165, 1.54) is 12.4 Å². The SMILES string of the molecule is CNCc1cc(S(=O)(=O)Nc2ccc(C)nc2)c[nH]1. The zero-order valence-corrected chi connectivity index (χ0v) is 11.6. The quantitative estimate of drug-likeness (QED) is 0.769. The summed E-state index contributed by atoms with van der Waals surface area (Å²) in [7, 11) is -1.78. The van der Waals surface area contributed by atoms with Gasteiger partial charge in [0.05, 0.1) is 11.9 Å². The summed E-state index contributed by atoms with van der Waals surface area (Å²) in [6.07, 6.45) is 2.96. The van der Waals surface area contributed by atoms with Crippen molar-refractivity contribution in [2.24, 2.45) is 0 Å². The lowest BCUT2D eigenvalue weighted by molar-refractivity contribution is 0.601. The summed E-state index contributed by atoms with van der Waals surface area (Å²) >= 11 is 0. The monoisotopic (exact) mass is 280 g/mol. The van der Waals surface area contributed by atoms with E-state index in [1.54, 1.807) is 25.2 Å². The number of aromatic nitrogens is 2. The smallest absolute Gasteiger partial charge is 0.263 e. The summed E-state index contributed by atoms with van der Waals surface area (Å²) in [6.45, 7) is 2.43. The van der Waals surface area contributed by atoms with Gasteiger partial charge in [0.25, 0.3) is 10.0 Å². The minimum atomic E-state index is -3.57. The van der Waals surface area contributed by atoms with Crippen LogP contribution in [0.25, 0.3) is 0 Å². The summed E-state index contributed by atoms with van der Waals surface area (Å²) in [5, 5.41) is 2.95. The summed E-state index contributed by atoms with van der Waals surface area (Å²) in [5.41, 5.74) is 2.09. The van der Waals surface area contributed by atoms with Gasteiger partial charge in [0.15, 0.2) is 0 Å². The largest absolute Gasteiger partial charge is 0.363 e. The first-order valence-corrected chi connectivity index (χ1v) is 7.27. The predicted molar refractivity (Wildman–Crippen MR) is 73.3 cm³/mol. The number of anilines is 1. The molecule has 0 aliphatic carbocycles. The van der Waals surface area contributed by atoms with Crippen LogP contribution in [-0.2, 0) is 16.6 Å². The molecule has 0 aliphatic heterocycles. The Morgan fingerprint density at radius 1 is 1.37 bits per heavy atom. The van der Waals surface area contributed by atoms with E-state index < -0.39 is 10.0 Å². The average Bonchev–Trinajstić information content (AvgIpc) is 2.82. The van der Waals surface area contributed by atoms with Gasteiger partial charge in [-0.2, -0.15) is 0 Å². The van der Waals surface area contributed by atoms with Crippen LogP contribution < -0.4 is 10.0 Å². The molecule has 0 aliphatic rings. The summed E-state index contributed by atoms with van der Waals surface area (Å²) < 4.78 is 26.7. The van der Waals surface area contributed by atoms with Gasteiger partial charge < -0.3 is 10.3 Å². The van der Waals surface area contributed by atoms with Crippen molar-refractivity contribution < 1.29 is 8.42 Å². The number of hydrogen-bond acceptors (Lipinski definition) is 4. The molecule has 0 saturated heterocycles. The van der Waals surface area contributed by atoms with Crippen molar-refractivity contribution in [3.05, 3.63) is 42.0 Å². The molecule has 0 unspecified atom stereocenters. The topological polar surface area (TPSA) is 86.9 Å². The highest BCUT2D eigenvalue weighted by Gasteiger charge is 2.16. The van der Waals surface area contributed by atoms with Crippen LogP contribution in [0.3, 0.4) is 0 Å². The molecule has 0 aromatic carbocycles. The highest BCUT2D eigenvalue weighted by atomic mass is 32.2. The fraction of sp³-hybridized carbons (Fsp3) is 0.250. The molecule has 3 N–H and O–H groups in total. The molecule has 0 atom stereocenters. The number of aryl methyl sites for hydroxylation is 1. The third kappa shape index (κ3) is 3.33. The van der Waals surface area contributed by atoms with Crippen molar-refractivity contribution in [3.63, 3.8) is 0 Å². The lowest BCUT2D eigenvalue weighted by atomic mass is 10.4. The highest BCUT2D eigenvalue weighted by Crippen LogP contribution is 2.16. The molecule has 2 heterocycles. The number of nitrogens with zero attached hydrogens (tertiary/aromatic N) is 1. The number of rotatable bonds is 5. The predicted octanol–water partition coefficient (Wildman–Crippen LogP) is 1.24. The maximum absolute atomic E-state index is 12.1. The van der Waals surface area contributed by atoms with E-state index in [2.05, 4.69) is 20.0 Å². The Morgan fingerprint density at radius 2 is 2.16 bits per heavy atom. The average molecular weight is 280 g/mol. The van der Waals surface area contributed by atoms with Crippen LogP contribution in [-0.4, -0.2) is 25.4 Å². The molecule has 7 heteroatoms. The highest BCUT2D eigenvalue weighted by molar-refractivity contribution is 7.92. The lowest BCUT2D eigenvalue weighted by Crippen LogP contribution is -2.12. The van der Waals surface area contributed by atoms with E-state index >= 15 is 0 Å². The first kappa shape index (κ1) is 13.6. The molecule has 0 fully saturated rings. The number of hydrogen-bond donors (Lipinski definition) is 3. The van der Waals surface area contributed by atoms with Crippen LogP contribution in [0, 0.1) is 6.92 Å². The van der Waals surface area contributed by atoms with Gasteiger partial charge in [-0.1, -0.05) is 0 Å². The fourth-order valence-electron chi connectivity index (χ4n) is 1.61. The van der Waals surface area contributed by atoms with E-state index in [4.69, 9.17) is 0 Å². The maximum atomic E-state index is 12.1. The molecule has 0 saturated carbocycles. The van der Waals surface area contributed by atoms with E-state index in [0.29, 0.717) is 12.2 Å². The van der Waals surface area contributed by atoms with Gasteiger partial charge in [0.2, 0.25) is 0 Å². The van der Waals surface area contributed by atoms with Crippen molar-refractivity contribution in [2.45, 2.75) is 18.4 Å². The van der Waals surface area contributed by atoms with Gasteiger partial charge in [0.1, 0.15) is 4.90 Å². The van der Waals surface area contributed by atoms with E-state index in [-0.39, 0.29) is 4.90 Å². The van der Waals surface area contributed by atoms with Crippen LogP contribution in [0.5, 0.6) is 0 Å². The van der Waals surface area contributed by atoms with Crippen molar-refractivity contribution in [3.8, 4) is 0 Å². The Morgan fingerprint density at radius 3 is 2.79 bits per heavy atom. The van der Waals surface area contributed by atoms with Crippen LogP contribution in [0.15, 0.2) is 35.5 Å². The third-order valence-electron chi connectivity index (χ3n) is 2.56. The second kappa shape index (κ2) is 5.41. The van der Waals surface area contributed by atoms with Gasteiger partial charge >= 0.3 is 0 Å². The first-order chi connectivity index (χ1) is 9.01. The Labute approximate surface area is 112 Å². The first-order valence-electron chi connectivity index (χ1n) is 5.78. The Kier molecular flexibility index (Phi) is 3.87. The zero-order valence-electron chi connectivity index (χ0n) is 10.8. The Hall–Kier alpha value is -1.86. The molecule has 0 radical (unpaired) electrons. The van der Waals surface area contributed by atoms with Gasteiger partial charge in [-0.3, -0.25) is 9.71 Å². The van der Waals surface area contributed by atoms with Gasteiger partial charge in [0, 0.05) is 24.1 Å². The lowest BCUT2D eigenvalue weighted by Gasteiger charge is -2.05. The minimum absolute atomic E-state index is 0.207. The molecule has 2 aromatic heterocycles. The number of nitrogens with one attached hydrogen (secondary N) is 3. The normalized spacial score (nSPS) is 11.5. The van der Waals surface area contributed by atoms with Crippen molar-refractivity contribution in [1.82, 2.24) is 15.3 Å². The van der Waals surface area contributed by atoms with Crippen LogP contribution in [0.4, 0.5) is 5.69 Å². The second-order valence-electron chi connectivity index (χ2n) is 4.18. The molecule has 19 heavy (non-hydrogen) atoms. The standard InChI is InChI=1S/C12H16N4O2S/c1-9-3-4-10(7-14-9)16-19(17,18)12-5-11(6-13-2)15-8-12/h3-5,7-8,13,15-16H,6H2,1-2H3. The minimum Gasteiger partial charge on any atom is -0.363 e. The van der Waals surface area contributed by atoms with E-state index in [9.17, 15) is 8.42 Å². The fourth-order valence-corrected chi connectivity index (χ4v) is 2.67. The number of sulfonamides is 1. The zero-order chi connectivity index (χ0) is 13.9. The van der Waals surface area contributed by atoms with Crippen LogP contribution >= 0.6 is 0 Å². The van der Waals surface area contributed by atoms with Crippen LogP contribution in [0.2, 0.25) is 0 Å². The molecule has 0 bridgehead atoms. The molecular formula is C12H16N4O2S. The molecule has 102 valence electrons. The van der Waals surface area contributed by atoms with Crippen molar-refractivity contribution in [2.75, 3.05) is 11.8 Å². The van der Waals surface area contributed by atoms with E-state index in [1.807, 2.05) is 6.92 Å². The van der Waals surface area contributed by atoms with Gasteiger partial charge in [-0.05, 0) is 32.2 Å². The third-order valence-corrected chi connectivity index (χ3v) is 3.92. The summed E-state index contributed by atoms with van der Waals surface area (Å²) in [4.78, 5) is 7.16. The van der Waals surface area contributed by atoms with Gasteiger partial charge in [-0.15, -0.1) is 0 Å². The Bertz CT molecular complexity index is 647. The van der Waals surface area contributed by atoms with Crippen LogP contribution in [0.1, 0.15) is 11.4 Å². The second-order valence-corrected chi connectivity index (χ2v) is 5.87. The maximum Gasteiger partial charge on any atom is 0.263 e. The van der Waals surface area contributed by atoms with Crippen molar-refractivity contribution in [1.29, 1.82) is 0 Å². The number of H-pyrrole nitrogens is 1.